The molecule has 1 aliphatic carbocycles. The number of phenolic OH excluding ortho intramolecular Hbond substituents is 2. The number of phenols is 2. The minimum absolute atomic E-state index is 0.00485. The molecule has 6 heteroatoms. The molecule has 38 heavy (non-hydrogen) atoms. The summed E-state index contributed by atoms with van der Waals surface area (Å²) in [6, 6.07) is 17.4. The van der Waals surface area contributed by atoms with Gasteiger partial charge in [-0.05, 0) is 104 Å². The standard InChI is InChI=1S/C32H34FNO4/c1-19-13-14-34(17-19)20(2)18-37-25-9-5-22(6-10-25)32-31(26-15-23(35)7-11-28(26)33)30(21-3-4-21)27-16-24(36)8-12-29(27)38-32/h5-12,15-16,19-21,32,35-36H,3-4,13-14,17-18H2,1-2H3. The van der Waals surface area contributed by atoms with E-state index in [0.29, 0.717) is 29.5 Å². The SMILES string of the molecule is CC1CCN(C(C)COc2ccc(C3Oc4ccc(O)cc4C(C4CC4)=C3c3cc(O)ccc3F)cc2)C1. The van der Waals surface area contributed by atoms with Gasteiger partial charge in [-0.15, -0.1) is 0 Å². The molecule has 0 bridgehead atoms. The van der Waals surface area contributed by atoms with Crippen molar-refractivity contribution in [2.75, 3.05) is 19.7 Å². The molecule has 3 atom stereocenters. The number of likely N-dealkylation sites (tertiary alicyclic amines) is 1. The van der Waals surface area contributed by atoms with E-state index in [9.17, 15) is 10.2 Å². The number of benzene rings is 3. The van der Waals surface area contributed by atoms with Gasteiger partial charge in [0, 0.05) is 29.3 Å². The number of fused-ring (bicyclic) bond motifs is 1. The Labute approximate surface area is 223 Å². The molecule has 5 nitrogen and oxygen atoms in total. The van der Waals surface area contributed by atoms with E-state index < -0.39 is 11.9 Å². The first-order valence-corrected chi connectivity index (χ1v) is 13.6. The smallest absolute Gasteiger partial charge is 0.150 e. The fraction of sp³-hybridized carbons (Fsp3) is 0.375. The van der Waals surface area contributed by atoms with Crippen LogP contribution < -0.4 is 9.47 Å². The molecule has 0 amide bonds. The number of allylic oxidation sites excluding steroid dienone is 1. The van der Waals surface area contributed by atoms with Gasteiger partial charge in [-0.1, -0.05) is 19.1 Å². The van der Waals surface area contributed by atoms with Crippen molar-refractivity contribution in [2.24, 2.45) is 11.8 Å². The summed E-state index contributed by atoms with van der Waals surface area (Å²) in [5, 5.41) is 20.5. The van der Waals surface area contributed by atoms with Crippen LogP contribution in [0.15, 0.2) is 60.7 Å². The Kier molecular flexibility index (Phi) is 6.52. The van der Waals surface area contributed by atoms with Gasteiger partial charge >= 0.3 is 0 Å². The molecule has 2 fully saturated rings. The maximum absolute atomic E-state index is 15.3. The molecule has 3 aromatic rings. The lowest BCUT2D eigenvalue weighted by Crippen LogP contribution is -2.35. The third-order valence-corrected chi connectivity index (χ3v) is 8.03. The fourth-order valence-electron chi connectivity index (χ4n) is 5.79. The molecular formula is C32H34FNO4. The molecule has 6 rings (SSSR count). The summed E-state index contributed by atoms with van der Waals surface area (Å²) in [5.74, 6) is 2.14. The molecule has 0 radical (unpaired) electrons. The molecule has 0 aromatic heterocycles. The molecule has 2 aliphatic heterocycles. The average Bonchev–Trinajstić information content (AvgIpc) is 3.66. The zero-order valence-electron chi connectivity index (χ0n) is 21.9. The van der Waals surface area contributed by atoms with Crippen LogP contribution in [0.3, 0.4) is 0 Å². The zero-order chi connectivity index (χ0) is 26.4. The summed E-state index contributed by atoms with van der Waals surface area (Å²) in [7, 11) is 0. The van der Waals surface area contributed by atoms with Gasteiger partial charge in [0.1, 0.15) is 41.5 Å². The van der Waals surface area contributed by atoms with E-state index >= 15 is 4.39 Å². The maximum atomic E-state index is 15.3. The lowest BCUT2D eigenvalue weighted by molar-refractivity contribution is 0.169. The van der Waals surface area contributed by atoms with Crippen LogP contribution in [0.5, 0.6) is 23.0 Å². The second-order valence-electron chi connectivity index (χ2n) is 11.1. The summed E-state index contributed by atoms with van der Waals surface area (Å²) >= 11 is 0. The monoisotopic (exact) mass is 515 g/mol. The predicted octanol–water partition coefficient (Wildman–Crippen LogP) is 6.80. The fourth-order valence-corrected chi connectivity index (χ4v) is 5.79. The molecule has 1 saturated carbocycles. The highest BCUT2D eigenvalue weighted by Crippen LogP contribution is 2.56. The molecule has 2 N–H and O–H groups in total. The molecule has 3 unspecified atom stereocenters. The first kappa shape index (κ1) is 24.8. The molecule has 2 heterocycles. The Morgan fingerprint density at radius 3 is 2.34 bits per heavy atom. The van der Waals surface area contributed by atoms with Crippen LogP contribution in [0, 0.1) is 17.7 Å². The first-order valence-electron chi connectivity index (χ1n) is 13.6. The molecule has 3 aliphatic rings. The summed E-state index contributed by atoms with van der Waals surface area (Å²) in [6.45, 7) is 7.35. The van der Waals surface area contributed by atoms with Crippen molar-refractivity contribution in [3.8, 4) is 23.0 Å². The Morgan fingerprint density at radius 1 is 0.947 bits per heavy atom. The van der Waals surface area contributed by atoms with Crippen LogP contribution in [-0.4, -0.2) is 40.9 Å². The molecule has 0 spiro atoms. The van der Waals surface area contributed by atoms with E-state index in [1.54, 1.807) is 18.2 Å². The minimum atomic E-state index is -0.571. The van der Waals surface area contributed by atoms with Gasteiger partial charge in [0.15, 0.2) is 0 Å². The molecule has 198 valence electrons. The number of nitrogens with zero attached hydrogens (tertiary/aromatic N) is 1. The summed E-state index contributed by atoms with van der Waals surface area (Å²) in [6.07, 6.45) is 2.64. The van der Waals surface area contributed by atoms with Gasteiger partial charge in [0.25, 0.3) is 0 Å². The van der Waals surface area contributed by atoms with Gasteiger partial charge < -0.3 is 19.7 Å². The first-order chi connectivity index (χ1) is 18.4. The Balaban J connectivity index is 1.34. The summed E-state index contributed by atoms with van der Waals surface area (Å²) in [5.41, 5.74) is 3.65. The molecular weight excluding hydrogens is 481 g/mol. The van der Waals surface area contributed by atoms with Gasteiger partial charge in [-0.2, -0.15) is 0 Å². The van der Waals surface area contributed by atoms with E-state index in [1.165, 1.54) is 24.6 Å². The van der Waals surface area contributed by atoms with Crippen LogP contribution in [0.25, 0.3) is 11.1 Å². The second kappa shape index (κ2) is 9.99. The summed E-state index contributed by atoms with van der Waals surface area (Å²) < 4.78 is 27.9. The quantitative estimate of drug-likeness (QED) is 0.362. The highest BCUT2D eigenvalue weighted by Gasteiger charge is 2.39. The topological polar surface area (TPSA) is 62.2 Å². The molecule has 1 saturated heterocycles. The van der Waals surface area contributed by atoms with Crippen molar-refractivity contribution in [3.05, 3.63) is 83.2 Å². The second-order valence-corrected chi connectivity index (χ2v) is 11.1. The number of rotatable bonds is 7. The van der Waals surface area contributed by atoms with Crippen LogP contribution in [0.2, 0.25) is 0 Å². The van der Waals surface area contributed by atoms with Crippen molar-refractivity contribution in [3.63, 3.8) is 0 Å². The van der Waals surface area contributed by atoms with E-state index in [-0.39, 0.29) is 17.4 Å². The van der Waals surface area contributed by atoms with Gasteiger partial charge in [-0.3, -0.25) is 4.90 Å². The Morgan fingerprint density at radius 2 is 1.66 bits per heavy atom. The van der Waals surface area contributed by atoms with E-state index in [0.717, 1.165) is 54.3 Å². The van der Waals surface area contributed by atoms with Crippen LogP contribution in [0.1, 0.15) is 55.9 Å². The van der Waals surface area contributed by atoms with Crippen molar-refractivity contribution in [1.29, 1.82) is 0 Å². The number of hydrogen-bond donors (Lipinski definition) is 2. The predicted molar refractivity (Wildman–Crippen MR) is 146 cm³/mol. The van der Waals surface area contributed by atoms with E-state index in [2.05, 4.69) is 18.7 Å². The highest BCUT2D eigenvalue weighted by molar-refractivity contribution is 5.98. The average molecular weight is 516 g/mol. The molecule has 3 aromatic carbocycles. The third-order valence-electron chi connectivity index (χ3n) is 8.03. The lowest BCUT2D eigenvalue weighted by Gasteiger charge is -2.32. The third kappa shape index (κ3) is 4.85. The van der Waals surface area contributed by atoms with Crippen molar-refractivity contribution in [1.82, 2.24) is 4.90 Å². The minimum Gasteiger partial charge on any atom is -0.508 e. The van der Waals surface area contributed by atoms with Gasteiger partial charge in [0.2, 0.25) is 0 Å². The van der Waals surface area contributed by atoms with Gasteiger partial charge in [-0.25, -0.2) is 4.39 Å². The maximum Gasteiger partial charge on any atom is 0.150 e. The number of aromatic hydroxyl groups is 2. The van der Waals surface area contributed by atoms with Crippen molar-refractivity contribution >= 4 is 11.1 Å². The normalized spacial score (nSPS) is 22.2. The van der Waals surface area contributed by atoms with Crippen LogP contribution in [0.4, 0.5) is 4.39 Å². The van der Waals surface area contributed by atoms with Crippen LogP contribution in [-0.2, 0) is 0 Å². The van der Waals surface area contributed by atoms with Gasteiger partial charge in [0.05, 0.1) is 0 Å². The number of halogens is 1. The Hall–Kier alpha value is -3.51. The van der Waals surface area contributed by atoms with Crippen molar-refractivity contribution in [2.45, 2.75) is 45.3 Å². The van der Waals surface area contributed by atoms with Crippen molar-refractivity contribution < 1.29 is 24.1 Å². The zero-order valence-corrected chi connectivity index (χ0v) is 21.9. The lowest BCUT2D eigenvalue weighted by atomic mass is 9.83. The number of ether oxygens (including phenoxy) is 2. The Bertz CT molecular complexity index is 1360. The largest absolute Gasteiger partial charge is 0.508 e. The highest BCUT2D eigenvalue weighted by atomic mass is 19.1. The van der Waals surface area contributed by atoms with Crippen LogP contribution >= 0.6 is 0 Å². The summed E-state index contributed by atoms with van der Waals surface area (Å²) in [4.78, 5) is 2.48. The number of hydrogen-bond acceptors (Lipinski definition) is 5. The van der Waals surface area contributed by atoms with E-state index in [1.807, 2.05) is 24.3 Å². The van der Waals surface area contributed by atoms with E-state index in [4.69, 9.17) is 9.47 Å².